The molecule has 0 aliphatic carbocycles. The van der Waals surface area contributed by atoms with Gasteiger partial charge in [-0.05, 0) is 25.2 Å². The zero-order valence-electron chi connectivity index (χ0n) is 11.5. The van der Waals surface area contributed by atoms with Gasteiger partial charge in [-0.15, -0.1) is 0 Å². The van der Waals surface area contributed by atoms with Crippen molar-refractivity contribution in [1.29, 1.82) is 0 Å². The molecule has 0 aliphatic rings. The molecule has 0 saturated carbocycles. The highest BCUT2D eigenvalue weighted by Crippen LogP contribution is 2.11. The number of rotatable bonds is 12. The van der Waals surface area contributed by atoms with E-state index in [-0.39, 0.29) is 0 Å². The van der Waals surface area contributed by atoms with Crippen molar-refractivity contribution in [3.05, 3.63) is 0 Å². The van der Waals surface area contributed by atoms with Crippen molar-refractivity contribution in [3.63, 3.8) is 0 Å². The summed E-state index contributed by atoms with van der Waals surface area (Å²) in [7, 11) is 0. The van der Waals surface area contributed by atoms with E-state index >= 15 is 0 Å². The first-order chi connectivity index (χ1) is 7.81. The lowest BCUT2D eigenvalue weighted by molar-refractivity contribution is -0.0560. The van der Waals surface area contributed by atoms with Crippen LogP contribution in [-0.4, -0.2) is 20.0 Å². The van der Waals surface area contributed by atoms with E-state index < -0.39 is 0 Å². The van der Waals surface area contributed by atoms with E-state index in [1.807, 2.05) is 0 Å². The molecule has 0 aromatic rings. The van der Waals surface area contributed by atoms with Gasteiger partial charge in [0.05, 0.1) is 0 Å². The quantitative estimate of drug-likeness (QED) is 0.366. The summed E-state index contributed by atoms with van der Waals surface area (Å²) in [5.41, 5.74) is 0. The number of ether oxygens (including phenoxy) is 2. The van der Waals surface area contributed by atoms with Crippen LogP contribution in [0.4, 0.5) is 0 Å². The molecule has 0 spiro atoms. The van der Waals surface area contributed by atoms with Crippen LogP contribution in [0.15, 0.2) is 0 Å². The standard InChI is InChI=1S/C14H30O2/c1-4-6-7-11-15-13-16-12-8-10-14(3)9-5-2/h14H,4-13H2,1-3H3. The van der Waals surface area contributed by atoms with Gasteiger partial charge in [0.15, 0.2) is 0 Å². The number of hydrogen-bond acceptors (Lipinski definition) is 2. The minimum atomic E-state index is 0.478. The van der Waals surface area contributed by atoms with Crippen molar-refractivity contribution < 1.29 is 9.47 Å². The highest BCUT2D eigenvalue weighted by atomic mass is 16.7. The van der Waals surface area contributed by atoms with Crippen LogP contribution >= 0.6 is 0 Å². The summed E-state index contributed by atoms with van der Waals surface area (Å²) in [4.78, 5) is 0. The summed E-state index contributed by atoms with van der Waals surface area (Å²) < 4.78 is 10.8. The van der Waals surface area contributed by atoms with Crippen molar-refractivity contribution in [2.24, 2.45) is 5.92 Å². The molecule has 0 aromatic carbocycles. The van der Waals surface area contributed by atoms with Gasteiger partial charge in [0, 0.05) is 13.2 Å². The predicted molar refractivity (Wildman–Crippen MR) is 69.6 cm³/mol. The molecule has 1 unspecified atom stereocenters. The van der Waals surface area contributed by atoms with Crippen LogP contribution in [0.25, 0.3) is 0 Å². The second-order valence-electron chi connectivity index (χ2n) is 4.68. The van der Waals surface area contributed by atoms with Crippen LogP contribution in [0.2, 0.25) is 0 Å². The predicted octanol–water partition coefficient (Wildman–Crippen LogP) is 4.38. The number of hydrogen-bond donors (Lipinski definition) is 0. The van der Waals surface area contributed by atoms with E-state index in [0.717, 1.165) is 25.6 Å². The van der Waals surface area contributed by atoms with Gasteiger partial charge in [-0.3, -0.25) is 0 Å². The molecule has 0 amide bonds. The maximum Gasteiger partial charge on any atom is 0.146 e. The fourth-order valence-corrected chi connectivity index (χ4v) is 1.80. The van der Waals surface area contributed by atoms with Crippen LogP contribution in [0, 0.1) is 5.92 Å². The van der Waals surface area contributed by atoms with Crippen molar-refractivity contribution in [1.82, 2.24) is 0 Å². The Bertz CT molecular complexity index is 126. The Morgan fingerprint density at radius 2 is 1.50 bits per heavy atom. The Labute approximate surface area is 102 Å². The first kappa shape index (κ1) is 15.9. The molecule has 0 saturated heterocycles. The minimum Gasteiger partial charge on any atom is -0.355 e. The SMILES string of the molecule is CCCCCOCOCCCC(C)CCC. The van der Waals surface area contributed by atoms with E-state index in [9.17, 15) is 0 Å². The highest BCUT2D eigenvalue weighted by Gasteiger charge is 1.99. The molecule has 2 nitrogen and oxygen atoms in total. The van der Waals surface area contributed by atoms with Crippen LogP contribution in [0.5, 0.6) is 0 Å². The van der Waals surface area contributed by atoms with E-state index in [1.54, 1.807) is 0 Å². The Kier molecular flexibility index (Phi) is 12.9. The van der Waals surface area contributed by atoms with Gasteiger partial charge in [0.25, 0.3) is 0 Å². The summed E-state index contributed by atoms with van der Waals surface area (Å²) in [5.74, 6) is 0.846. The molecule has 16 heavy (non-hydrogen) atoms. The highest BCUT2D eigenvalue weighted by molar-refractivity contribution is 4.51. The Balaban J connectivity index is 2.98. The van der Waals surface area contributed by atoms with Crippen LogP contribution in [0.1, 0.15) is 65.7 Å². The topological polar surface area (TPSA) is 18.5 Å². The molecule has 98 valence electrons. The van der Waals surface area contributed by atoms with E-state index in [0.29, 0.717) is 6.79 Å². The minimum absolute atomic E-state index is 0.478. The van der Waals surface area contributed by atoms with Crippen molar-refractivity contribution in [2.45, 2.75) is 65.7 Å². The van der Waals surface area contributed by atoms with E-state index in [4.69, 9.17) is 9.47 Å². The lowest BCUT2D eigenvalue weighted by atomic mass is 10.0. The monoisotopic (exact) mass is 230 g/mol. The fraction of sp³-hybridized carbons (Fsp3) is 1.00. The van der Waals surface area contributed by atoms with Gasteiger partial charge in [-0.25, -0.2) is 0 Å². The van der Waals surface area contributed by atoms with Gasteiger partial charge in [-0.1, -0.05) is 46.5 Å². The molecular formula is C14H30O2. The van der Waals surface area contributed by atoms with E-state index in [2.05, 4.69) is 20.8 Å². The molecule has 0 rings (SSSR count). The van der Waals surface area contributed by atoms with Crippen molar-refractivity contribution in [2.75, 3.05) is 20.0 Å². The average molecular weight is 230 g/mol. The normalized spacial score (nSPS) is 12.9. The first-order valence-corrected chi connectivity index (χ1v) is 6.96. The van der Waals surface area contributed by atoms with Crippen LogP contribution in [0.3, 0.4) is 0 Å². The van der Waals surface area contributed by atoms with Gasteiger partial charge >= 0.3 is 0 Å². The van der Waals surface area contributed by atoms with Gasteiger partial charge in [0.1, 0.15) is 6.79 Å². The molecule has 0 bridgehead atoms. The molecule has 2 heteroatoms. The average Bonchev–Trinajstić information content (AvgIpc) is 2.27. The third kappa shape index (κ3) is 12.0. The summed E-state index contributed by atoms with van der Waals surface area (Å²) >= 11 is 0. The van der Waals surface area contributed by atoms with Gasteiger partial charge in [0.2, 0.25) is 0 Å². The smallest absolute Gasteiger partial charge is 0.146 e. The fourth-order valence-electron chi connectivity index (χ4n) is 1.80. The Morgan fingerprint density at radius 1 is 0.812 bits per heavy atom. The lowest BCUT2D eigenvalue weighted by Gasteiger charge is -2.10. The van der Waals surface area contributed by atoms with Crippen LogP contribution in [-0.2, 0) is 9.47 Å². The lowest BCUT2D eigenvalue weighted by Crippen LogP contribution is -2.04. The summed E-state index contributed by atoms with van der Waals surface area (Å²) in [5, 5.41) is 0. The zero-order valence-corrected chi connectivity index (χ0v) is 11.5. The second kappa shape index (κ2) is 13.0. The summed E-state index contributed by atoms with van der Waals surface area (Å²) in [6.45, 7) is 8.95. The summed E-state index contributed by atoms with van der Waals surface area (Å²) in [6, 6.07) is 0. The molecule has 0 aliphatic heterocycles. The third-order valence-electron chi connectivity index (χ3n) is 2.83. The van der Waals surface area contributed by atoms with Crippen molar-refractivity contribution in [3.8, 4) is 0 Å². The number of unbranched alkanes of at least 4 members (excludes halogenated alkanes) is 2. The first-order valence-electron chi connectivity index (χ1n) is 6.96. The van der Waals surface area contributed by atoms with Gasteiger partial charge < -0.3 is 9.47 Å². The molecule has 0 N–H and O–H groups in total. The molecular weight excluding hydrogens is 200 g/mol. The maximum absolute atomic E-state index is 5.42. The zero-order chi connectivity index (χ0) is 12.1. The largest absolute Gasteiger partial charge is 0.355 e. The molecule has 0 heterocycles. The molecule has 1 atom stereocenters. The van der Waals surface area contributed by atoms with Gasteiger partial charge in [-0.2, -0.15) is 0 Å². The Morgan fingerprint density at radius 3 is 2.12 bits per heavy atom. The van der Waals surface area contributed by atoms with Crippen LogP contribution < -0.4 is 0 Å². The maximum atomic E-state index is 5.42. The van der Waals surface area contributed by atoms with E-state index in [1.165, 1.54) is 38.5 Å². The molecule has 0 fully saturated rings. The molecule has 0 radical (unpaired) electrons. The summed E-state index contributed by atoms with van der Waals surface area (Å²) in [6.07, 6.45) is 8.75. The third-order valence-corrected chi connectivity index (χ3v) is 2.83. The second-order valence-corrected chi connectivity index (χ2v) is 4.68. The molecule has 0 aromatic heterocycles. The Hall–Kier alpha value is -0.0800. The van der Waals surface area contributed by atoms with Crippen molar-refractivity contribution >= 4 is 0 Å².